The van der Waals surface area contributed by atoms with Gasteiger partial charge in [0.1, 0.15) is 0 Å². The van der Waals surface area contributed by atoms with Gasteiger partial charge in [-0.25, -0.2) is 0 Å². The molecule has 0 aliphatic heterocycles. The molecule has 12 atom stereocenters. The molecule has 7 fully saturated rings. The van der Waals surface area contributed by atoms with Crippen molar-refractivity contribution in [2.24, 2.45) is 71.0 Å². The van der Waals surface area contributed by atoms with E-state index in [9.17, 15) is 0 Å². The molecule has 108 valence electrons. The molecule has 20 heavy (non-hydrogen) atoms. The lowest BCUT2D eigenvalue weighted by Gasteiger charge is -2.48. The minimum absolute atomic E-state index is 1.21. The third kappa shape index (κ3) is 0.925. The van der Waals surface area contributed by atoms with Crippen molar-refractivity contribution < 1.29 is 0 Å². The van der Waals surface area contributed by atoms with Crippen LogP contribution in [0.4, 0.5) is 0 Å². The summed E-state index contributed by atoms with van der Waals surface area (Å²) in [6, 6.07) is 0. The topological polar surface area (TPSA) is 0 Å². The summed E-state index contributed by atoms with van der Waals surface area (Å²) in [5, 5.41) is 0. The zero-order chi connectivity index (χ0) is 12.6. The summed E-state index contributed by atoms with van der Waals surface area (Å²) in [6.07, 6.45) is 13.2. The SMILES string of the molecule is C1CC2C(C1)C1CC2C2C3CC(C4C5CCC(C5)C34)C12. The fraction of sp³-hybridized carbons (Fsp3) is 1.00. The highest BCUT2D eigenvalue weighted by molar-refractivity contribution is 5.21. The van der Waals surface area contributed by atoms with E-state index in [1.165, 1.54) is 71.0 Å². The van der Waals surface area contributed by atoms with Crippen molar-refractivity contribution in [1.82, 2.24) is 0 Å². The molecule has 0 nitrogen and oxygen atoms in total. The average Bonchev–Trinajstić information content (AvgIpc) is 3.23. The van der Waals surface area contributed by atoms with Crippen molar-refractivity contribution >= 4 is 0 Å². The predicted molar refractivity (Wildman–Crippen MR) is 78.8 cm³/mol. The molecule has 0 saturated heterocycles. The van der Waals surface area contributed by atoms with E-state index in [1.807, 2.05) is 0 Å². The van der Waals surface area contributed by atoms with Crippen LogP contribution >= 0.6 is 0 Å². The molecule has 0 aromatic rings. The molecule has 0 aromatic carbocycles. The van der Waals surface area contributed by atoms with Crippen LogP contribution in [0.25, 0.3) is 0 Å². The second-order valence-corrected chi connectivity index (χ2v) is 10.0. The number of hydrogen-bond acceptors (Lipinski definition) is 0. The van der Waals surface area contributed by atoms with Crippen LogP contribution in [0.3, 0.4) is 0 Å². The van der Waals surface area contributed by atoms with E-state index in [-0.39, 0.29) is 0 Å². The fourth-order valence-corrected chi connectivity index (χ4v) is 10.5. The molecule has 7 aliphatic carbocycles. The first-order chi connectivity index (χ1) is 9.92. The Morgan fingerprint density at radius 2 is 0.950 bits per heavy atom. The lowest BCUT2D eigenvalue weighted by molar-refractivity contribution is -0.00685. The Balaban J connectivity index is 1.33. The van der Waals surface area contributed by atoms with Gasteiger partial charge >= 0.3 is 0 Å². The van der Waals surface area contributed by atoms with Crippen LogP contribution in [0, 0.1) is 71.0 Å². The van der Waals surface area contributed by atoms with Crippen LogP contribution in [0.15, 0.2) is 0 Å². The Morgan fingerprint density at radius 3 is 1.55 bits per heavy atom. The van der Waals surface area contributed by atoms with Gasteiger partial charge in [-0.3, -0.25) is 0 Å². The van der Waals surface area contributed by atoms with E-state index in [2.05, 4.69) is 0 Å². The second kappa shape index (κ2) is 3.18. The van der Waals surface area contributed by atoms with Crippen LogP contribution in [0.5, 0.6) is 0 Å². The van der Waals surface area contributed by atoms with Gasteiger partial charge in [0.15, 0.2) is 0 Å². The standard InChI is InChI=1S/C20H28/c1-2-11-12(3-1)14-7-13(11)19-15-8-16(20(14)19)18-10-5-4-9(6-10)17(15)18/h9-20H,1-8H2. The minimum atomic E-state index is 1.21. The largest absolute Gasteiger partial charge is 0.0527 e. The molecule has 7 rings (SSSR count). The second-order valence-electron chi connectivity index (χ2n) is 10.0. The minimum Gasteiger partial charge on any atom is -0.0527 e. The Bertz CT molecular complexity index is 440. The van der Waals surface area contributed by atoms with Gasteiger partial charge in [0.05, 0.1) is 0 Å². The molecular formula is C20H28. The number of hydrogen-bond donors (Lipinski definition) is 0. The van der Waals surface area contributed by atoms with E-state index in [0.29, 0.717) is 0 Å². The summed E-state index contributed by atoms with van der Waals surface area (Å²) >= 11 is 0. The van der Waals surface area contributed by atoms with Crippen molar-refractivity contribution in [3.63, 3.8) is 0 Å². The zero-order valence-corrected chi connectivity index (χ0v) is 12.6. The quantitative estimate of drug-likeness (QED) is 0.563. The van der Waals surface area contributed by atoms with E-state index >= 15 is 0 Å². The lowest BCUT2D eigenvalue weighted by atomic mass is 9.57. The molecule has 0 heterocycles. The van der Waals surface area contributed by atoms with Gasteiger partial charge in [0.25, 0.3) is 0 Å². The predicted octanol–water partition coefficient (Wildman–Crippen LogP) is 4.60. The first kappa shape index (κ1) is 10.7. The van der Waals surface area contributed by atoms with Crippen LogP contribution in [0.2, 0.25) is 0 Å². The molecule has 0 aromatic heterocycles. The maximum absolute atomic E-state index is 1.71. The van der Waals surface area contributed by atoms with Gasteiger partial charge in [0.2, 0.25) is 0 Å². The lowest BCUT2D eigenvalue weighted by Crippen LogP contribution is -2.44. The van der Waals surface area contributed by atoms with Crippen molar-refractivity contribution in [3.05, 3.63) is 0 Å². The number of fused-ring (bicyclic) bond motifs is 19. The molecule has 0 spiro atoms. The molecule has 6 bridgehead atoms. The van der Waals surface area contributed by atoms with E-state index in [1.54, 1.807) is 51.4 Å². The molecule has 0 amide bonds. The summed E-state index contributed by atoms with van der Waals surface area (Å²) < 4.78 is 0. The first-order valence-corrected chi connectivity index (χ1v) is 9.92. The van der Waals surface area contributed by atoms with E-state index in [0.717, 1.165) is 0 Å². The van der Waals surface area contributed by atoms with E-state index in [4.69, 9.17) is 0 Å². The monoisotopic (exact) mass is 268 g/mol. The Labute approximate surface area is 123 Å². The van der Waals surface area contributed by atoms with Gasteiger partial charge < -0.3 is 0 Å². The highest BCUT2D eigenvalue weighted by Crippen LogP contribution is 2.79. The molecule has 0 heteroatoms. The van der Waals surface area contributed by atoms with Gasteiger partial charge in [0, 0.05) is 0 Å². The molecular weight excluding hydrogens is 240 g/mol. The summed E-state index contributed by atoms with van der Waals surface area (Å²) in [4.78, 5) is 0. The Morgan fingerprint density at radius 1 is 0.400 bits per heavy atom. The van der Waals surface area contributed by atoms with Crippen molar-refractivity contribution in [2.75, 3.05) is 0 Å². The highest BCUT2D eigenvalue weighted by Gasteiger charge is 2.73. The Kier molecular flexibility index (Phi) is 1.70. The first-order valence-electron chi connectivity index (χ1n) is 9.92. The molecule has 0 N–H and O–H groups in total. The van der Waals surface area contributed by atoms with E-state index < -0.39 is 0 Å². The normalized spacial score (nSPS) is 74.4. The van der Waals surface area contributed by atoms with Gasteiger partial charge in [-0.2, -0.15) is 0 Å². The fourth-order valence-electron chi connectivity index (χ4n) is 10.5. The molecule has 12 unspecified atom stereocenters. The van der Waals surface area contributed by atoms with Crippen LogP contribution in [-0.2, 0) is 0 Å². The number of rotatable bonds is 0. The van der Waals surface area contributed by atoms with Gasteiger partial charge in [-0.1, -0.05) is 6.42 Å². The van der Waals surface area contributed by atoms with Gasteiger partial charge in [-0.15, -0.1) is 0 Å². The smallest absolute Gasteiger partial charge is 0.0318 e. The van der Waals surface area contributed by atoms with Gasteiger partial charge in [-0.05, 0) is 116 Å². The average molecular weight is 268 g/mol. The van der Waals surface area contributed by atoms with Crippen LogP contribution in [-0.4, -0.2) is 0 Å². The summed E-state index contributed by atoms with van der Waals surface area (Å²) in [7, 11) is 0. The Hall–Kier alpha value is 0. The summed E-state index contributed by atoms with van der Waals surface area (Å²) in [5.41, 5.74) is 0. The zero-order valence-electron chi connectivity index (χ0n) is 12.6. The summed E-state index contributed by atoms with van der Waals surface area (Å²) in [5.74, 6) is 14.8. The van der Waals surface area contributed by atoms with Crippen LogP contribution in [0.1, 0.15) is 51.4 Å². The molecule has 0 radical (unpaired) electrons. The summed E-state index contributed by atoms with van der Waals surface area (Å²) in [6.45, 7) is 0. The molecule has 7 saturated carbocycles. The maximum atomic E-state index is 1.71. The third-order valence-corrected chi connectivity index (χ3v) is 10.3. The van der Waals surface area contributed by atoms with Crippen LogP contribution < -0.4 is 0 Å². The highest BCUT2D eigenvalue weighted by atomic mass is 14.8. The third-order valence-electron chi connectivity index (χ3n) is 10.3. The van der Waals surface area contributed by atoms with Crippen molar-refractivity contribution in [2.45, 2.75) is 51.4 Å². The maximum Gasteiger partial charge on any atom is -0.0318 e. The van der Waals surface area contributed by atoms with Crippen molar-refractivity contribution in [3.8, 4) is 0 Å². The molecule has 7 aliphatic rings. The van der Waals surface area contributed by atoms with Crippen molar-refractivity contribution in [1.29, 1.82) is 0 Å².